The van der Waals surface area contributed by atoms with Gasteiger partial charge >= 0.3 is 0 Å². The monoisotopic (exact) mass is 750 g/mol. The minimum absolute atomic E-state index is 0.0469. The Morgan fingerprint density at radius 2 is 0.855 bits per heavy atom. The van der Waals surface area contributed by atoms with Crippen LogP contribution in [0.1, 0.15) is 166 Å². The van der Waals surface area contributed by atoms with Crippen LogP contribution < -0.4 is 0 Å². The summed E-state index contributed by atoms with van der Waals surface area (Å²) < 4.78 is 0. The summed E-state index contributed by atoms with van der Waals surface area (Å²) in [6, 6.07) is 28.8. The third-order valence-electron chi connectivity index (χ3n) is 10.2. The van der Waals surface area contributed by atoms with E-state index in [0.29, 0.717) is 22.5 Å². The standard InChI is InChI=1S/C50H62N2O2Si/c1-47(2,3)36-26-34(27-37(30-36)48(4,5)6)45(53)42-22-20-40(51-42)44(33-18-16-32(17-19-33)24-25-55(13,14)15)41-21-23-43(52-41)46(54)35-28-38(49(7,8)9)31-39(29-35)50(10,11)12/h16-23,26-31,44,51-52H,1-15H3. The minimum Gasteiger partial charge on any atom is -0.355 e. The molecule has 0 atom stereocenters. The fourth-order valence-corrected chi connectivity index (χ4v) is 7.05. The molecule has 0 aliphatic rings. The zero-order chi connectivity index (χ0) is 40.9. The summed E-state index contributed by atoms with van der Waals surface area (Å²) in [6.07, 6.45) is 0. The highest BCUT2D eigenvalue weighted by Gasteiger charge is 2.27. The minimum atomic E-state index is -1.54. The van der Waals surface area contributed by atoms with Gasteiger partial charge in [-0.1, -0.05) is 133 Å². The van der Waals surface area contributed by atoms with Crippen molar-refractivity contribution in [3.8, 4) is 11.5 Å². The predicted octanol–water partition coefficient (Wildman–Crippen LogP) is 12.4. The molecule has 0 aliphatic heterocycles. The second-order valence-electron chi connectivity index (χ2n) is 20.5. The molecule has 5 heteroatoms. The lowest BCUT2D eigenvalue weighted by Crippen LogP contribution is -2.18. The lowest BCUT2D eigenvalue weighted by atomic mass is 9.79. The van der Waals surface area contributed by atoms with Gasteiger partial charge in [0.2, 0.25) is 11.6 Å². The van der Waals surface area contributed by atoms with Crippen molar-refractivity contribution in [1.82, 2.24) is 9.97 Å². The van der Waals surface area contributed by atoms with Crippen LogP contribution in [0, 0.1) is 11.5 Å². The summed E-state index contributed by atoms with van der Waals surface area (Å²) in [5, 5.41) is 0. The summed E-state index contributed by atoms with van der Waals surface area (Å²) in [5.74, 6) is 2.99. The smallest absolute Gasteiger partial charge is 0.209 e. The number of nitrogens with one attached hydrogen (secondary N) is 2. The van der Waals surface area contributed by atoms with E-state index in [1.807, 2.05) is 48.5 Å². The molecule has 2 heterocycles. The summed E-state index contributed by atoms with van der Waals surface area (Å²) in [4.78, 5) is 35.6. The molecule has 5 aromatic rings. The first kappa shape index (κ1) is 41.5. The number of rotatable bonds is 7. The highest BCUT2D eigenvalue weighted by molar-refractivity contribution is 6.83. The molecule has 288 valence electrons. The van der Waals surface area contributed by atoms with Gasteiger partial charge in [-0.15, -0.1) is 5.54 Å². The fourth-order valence-electron chi connectivity index (χ4n) is 6.53. The van der Waals surface area contributed by atoms with Crippen LogP contribution in [0.25, 0.3) is 0 Å². The summed E-state index contributed by atoms with van der Waals surface area (Å²) >= 11 is 0. The average molecular weight is 751 g/mol. The fraction of sp³-hybridized carbons (Fsp3) is 0.400. The maximum absolute atomic E-state index is 14.3. The van der Waals surface area contributed by atoms with Crippen molar-refractivity contribution in [3.05, 3.63) is 152 Å². The van der Waals surface area contributed by atoms with E-state index >= 15 is 0 Å². The molecule has 0 bridgehead atoms. The van der Waals surface area contributed by atoms with Gasteiger partial charge in [0, 0.05) is 28.1 Å². The van der Waals surface area contributed by atoms with Gasteiger partial charge in [0.05, 0.1) is 17.3 Å². The van der Waals surface area contributed by atoms with Crippen molar-refractivity contribution in [2.75, 3.05) is 0 Å². The molecule has 0 saturated heterocycles. The third-order valence-corrected chi connectivity index (χ3v) is 11.1. The Kier molecular flexibility index (Phi) is 11.1. The molecule has 0 radical (unpaired) electrons. The lowest BCUT2D eigenvalue weighted by Gasteiger charge is -2.26. The predicted molar refractivity (Wildman–Crippen MR) is 234 cm³/mol. The molecule has 4 nitrogen and oxygen atoms in total. The quantitative estimate of drug-likeness (QED) is 0.0988. The maximum atomic E-state index is 14.3. The number of aromatic amines is 2. The Bertz CT molecular complexity index is 2080. The Morgan fingerprint density at radius 3 is 1.16 bits per heavy atom. The van der Waals surface area contributed by atoms with E-state index in [1.54, 1.807) is 0 Å². The molecule has 0 saturated carbocycles. The Labute approximate surface area is 332 Å². The number of aromatic nitrogens is 2. The van der Waals surface area contributed by atoms with E-state index in [4.69, 9.17) is 0 Å². The van der Waals surface area contributed by atoms with Crippen molar-refractivity contribution < 1.29 is 9.59 Å². The normalized spacial score (nSPS) is 12.8. The number of hydrogen-bond donors (Lipinski definition) is 2. The summed E-state index contributed by atoms with van der Waals surface area (Å²) in [5.41, 5.74) is 13.7. The van der Waals surface area contributed by atoms with E-state index in [9.17, 15) is 9.59 Å². The van der Waals surface area contributed by atoms with Crippen molar-refractivity contribution in [2.24, 2.45) is 0 Å². The zero-order valence-electron chi connectivity index (χ0n) is 36.0. The number of benzene rings is 3. The van der Waals surface area contributed by atoms with Crippen LogP contribution in [0.2, 0.25) is 19.6 Å². The largest absolute Gasteiger partial charge is 0.355 e. The van der Waals surface area contributed by atoms with Gasteiger partial charge in [0.15, 0.2) is 0 Å². The Hall–Kier alpha value is -4.66. The van der Waals surface area contributed by atoms with Gasteiger partial charge in [-0.3, -0.25) is 9.59 Å². The molecular formula is C50H62N2O2Si. The van der Waals surface area contributed by atoms with Crippen LogP contribution in [0.5, 0.6) is 0 Å². The Balaban J connectivity index is 1.59. The molecule has 5 rings (SSSR count). The molecule has 0 amide bonds. The van der Waals surface area contributed by atoms with E-state index in [1.165, 1.54) is 0 Å². The Morgan fingerprint density at radius 1 is 0.509 bits per heavy atom. The lowest BCUT2D eigenvalue weighted by molar-refractivity contribution is 0.102. The molecule has 2 aromatic heterocycles. The maximum Gasteiger partial charge on any atom is 0.209 e. The zero-order valence-corrected chi connectivity index (χ0v) is 37.0. The number of H-pyrrole nitrogens is 2. The number of hydrogen-bond acceptors (Lipinski definition) is 2. The first-order valence-electron chi connectivity index (χ1n) is 19.6. The molecule has 0 fully saturated rings. The first-order chi connectivity index (χ1) is 25.2. The number of carbonyl (C=O) groups excluding carboxylic acids is 2. The van der Waals surface area contributed by atoms with Crippen LogP contribution in [-0.2, 0) is 21.7 Å². The second-order valence-corrected chi connectivity index (χ2v) is 25.2. The van der Waals surface area contributed by atoms with Crippen LogP contribution >= 0.6 is 0 Å². The van der Waals surface area contributed by atoms with Gasteiger partial charge in [-0.2, -0.15) is 0 Å². The second kappa shape index (κ2) is 14.8. The molecular weight excluding hydrogens is 689 g/mol. The third kappa shape index (κ3) is 9.96. The number of ketones is 2. The molecule has 3 aromatic carbocycles. The van der Waals surface area contributed by atoms with Crippen molar-refractivity contribution >= 4 is 19.6 Å². The highest BCUT2D eigenvalue weighted by Crippen LogP contribution is 2.35. The molecule has 55 heavy (non-hydrogen) atoms. The van der Waals surface area contributed by atoms with Crippen molar-refractivity contribution in [1.29, 1.82) is 0 Å². The SMILES string of the molecule is CC(C)(C)c1cc(C(=O)c2ccc(C(c3ccc(C#C[Si](C)(C)C)cc3)c3ccc(C(=O)c4cc(C(C)(C)C)cc(C(C)(C)C)c4)[nH]3)[nH]2)cc(C(C)(C)C)c1. The van der Waals surface area contributed by atoms with E-state index in [-0.39, 0.29) is 39.1 Å². The molecule has 2 N–H and O–H groups in total. The van der Waals surface area contributed by atoms with Gasteiger partial charge in [-0.05, 0) is 110 Å². The van der Waals surface area contributed by atoms with Gasteiger partial charge in [-0.25, -0.2) is 0 Å². The van der Waals surface area contributed by atoms with Gasteiger partial charge < -0.3 is 9.97 Å². The van der Waals surface area contributed by atoms with Crippen molar-refractivity contribution in [2.45, 2.75) is 130 Å². The highest BCUT2D eigenvalue weighted by atomic mass is 28.3. The van der Waals surface area contributed by atoms with Crippen LogP contribution in [0.4, 0.5) is 0 Å². The van der Waals surface area contributed by atoms with Crippen LogP contribution in [0.3, 0.4) is 0 Å². The van der Waals surface area contributed by atoms with Crippen LogP contribution in [0.15, 0.2) is 84.9 Å². The van der Waals surface area contributed by atoms with E-state index in [0.717, 1.165) is 44.8 Å². The molecule has 0 aliphatic carbocycles. The van der Waals surface area contributed by atoms with Gasteiger partial charge in [0.1, 0.15) is 8.07 Å². The van der Waals surface area contributed by atoms with E-state index < -0.39 is 8.07 Å². The average Bonchev–Trinajstić information content (AvgIpc) is 3.76. The summed E-state index contributed by atoms with van der Waals surface area (Å²) in [7, 11) is -1.54. The van der Waals surface area contributed by atoms with Crippen molar-refractivity contribution in [3.63, 3.8) is 0 Å². The molecule has 0 unspecified atom stereocenters. The number of carbonyl (C=O) groups is 2. The first-order valence-corrected chi connectivity index (χ1v) is 23.1. The molecule has 0 spiro atoms. The topological polar surface area (TPSA) is 65.7 Å². The van der Waals surface area contributed by atoms with E-state index in [2.05, 4.69) is 161 Å². The van der Waals surface area contributed by atoms with Gasteiger partial charge in [0.25, 0.3) is 0 Å². The summed E-state index contributed by atoms with van der Waals surface area (Å²) in [6.45, 7) is 32.9. The van der Waals surface area contributed by atoms with Crippen LogP contribution in [-0.4, -0.2) is 29.6 Å².